The third-order valence-electron chi connectivity index (χ3n) is 3.34. The van der Waals surface area contributed by atoms with Gasteiger partial charge in [0.25, 0.3) is 0 Å². The van der Waals surface area contributed by atoms with Crippen LogP contribution in [0, 0.1) is 0 Å². The van der Waals surface area contributed by atoms with E-state index >= 15 is 0 Å². The zero-order valence-corrected chi connectivity index (χ0v) is 11.7. The van der Waals surface area contributed by atoms with E-state index < -0.39 is 17.5 Å². The monoisotopic (exact) mass is 279 g/mol. The number of likely N-dealkylation sites (N-methyl/N-ethyl adjacent to an activating group) is 1. The van der Waals surface area contributed by atoms with Gasteiger partial charge in [0.1, 0.15) is 11.5 Å². The van der Waals surface area contributed by atoms with Crippen LogP contribution in [0.5, 0.6) is 11.5 Å². The first-order chi connectivity index (χ1) is 9.47. The Balaban J connectivity index is 2.38. The molecule has 1 amide bonds. The fraction of sp³-hybridized carbons (Fsp3) is 0.429. The largest absolute Gasteiger partial charge is 0.497 e. The van der Waals surface area contributed by atoms with Crippen molar-refractivity contribution in [1.82, 2.24) is 4.90 Å². The summed E-state index contributed by atoms with van der Waals surface area (Å²) in [5, 5.41) is 10.3. The summed E-state index contributed by atoms with van der Waals surface area (Å²) in [5.74, 6) is -3.34. The quantitative estimate of drug-likeness (QED) is 0.826. The highest BCUT2D eigenvalue weighted by Gasteiger charge is 2.54. The molecule has 1 aliphatic rings. The molecule has 0 spiro atoms. The first-order valence-corrected chi connectivity index (χ1v) is 6.41. The second-order valence-electron chi connectivity index (χ2n) is 4.41. The number of hydrogen-bond acceptors (Lipinski definition) is 5. The number of fused-ring (bicyclic) bond motifs is 1. The highest BCUT2D eigenvalue weighted by Crippen LogP contribution is 2.36. The maximum atomic E-state index is 12.3. The molecule has 20 heavy (non-hydrogen) atoms. The molecular weight excluding hydrogens is 262 g/mol. The standard InChI is InChI=1S/C14H17NO5/c1-4-15(5-2)13(17)14(18)12(16)10-8-9(19-3)6-7-11(10)20-14/h6-8,18H,4-5H2,1-3H3. The molecule has 1 aliphatic heterocycles. The van der Waals surface area contributed by atoms with Crippen LogP contribution in [0.1, 0.15) is 24.2 Å². The molecule has 0 aromatic heterocycles. The van der Waals surface area contributed by atoms with Crippen molar-refractivity contribution in [3.8, 4) is 11.5 Å². The van der Waals surface area contributed by atoms with Crippen LogP contribution in [0.4, 0.5) is 0 Å². The van der Waals surface area contributed by atoms with Gasteiger partial charge >= 0.3 is 11.7 Å². The lowest BCUT2D eigenvalue weighted by Crippen LogP contribution is -2.55. The second-order valence-corrected chi connectivity index (χ2v) is 4.41. The predicted octanol–water partition coefficient (Wildman–Crippen LogP) is 0.827. The van der Waals surface area contributed by atoms with Gasteiger partial charge < -0.3 is 19.5 Å². The summed E-state index contributed by atoms with van der Waals surface area (Å²) in [6.45, 7) is 4.29. The van der Waals surface area contributed by atoms with Gasteiger partial charge in [0, 0.05) is 13.1 Å². The zero-order chi connectivity index (χ0) is 14.9. The number of amides is 1. The van der Waals surface area contributed by atoms with Gasteiger partial charge in [0.15, 0.2) is 0 Å². The van der Waals surface area contributed by atoms with E-state index in [1.54, 1.807) is 19.9 Å². The molecule has 0 saturated carbocycles. The molecule has 1 heterocycles. The highest BCUT2D eigenvalue weighted by molar-refractivity contribution is 6.19. The summed E-state index contributed by atoms with van der Waals surface area (Å²) in [5.41, 5.74) is 0.146. The molecule has 6 nitrogen and oxygen atoms in total. The van der Waals surface area contributed by atoms with E-state index in [2.05, 4.69) is 0 Å². The first-order valence-electron chi connectivity index (χ1n) is 6.41. The van der Waals surface area contributed by atoms with E-state index in [1.807, 2.05) is 0 Å². The zero-order valence-electron chi connectivity index (χ0n) is 11.7. The van der Waals surface area contributed by atoms with Crippen molar-refractivity contribution >= 4 is 11.7 Å². The Morgan fingerprint density at radius 3 is 2.60 bits per heavy atom. The molecule has 6 heteroatoms. The number of Topliss-reactive ketones (excluding diaryl/α,β-unsaturated/α-hetero) is 1. The van der Waals surface area contributed by atoms with E-state index in [9.17, 15) is 14.7 Å². The Kier molecular flexibility index (Phi) is 3.67. The molecule has 1 N–H and O–H groups in total. The molecule has 108 valence electrons. The number of carbonyl (C=O) groups excluding carboxylic acids is 2. The van der Waals surface area contributed by atoms with Crippen LogP contribution in [0.2, 0.25) is 0 Å². The fourth-order valence-corrected chi connectivity index (χ4v) is 2.16. The molecule has 1 aromatic rings. The number of hydrogen-bond donors (Lipinski definition) is 1. The highest BCUT2D eigenvalue weighted by atomic mass is 16.6. The van der Waals surface area contributed by atoms with E-state index in [4.69, 9.17) is 9.47 Å². The number of ketones is 1. The van der Waals surface area contributed by atoms with Crippen molar-refractivity contribution in [3.05, 3.63) is 23.8 Å². The van der Waals surface area contributed by atoms with Crippen molar-refractivity contribution < 1.29 is 24.2 Å². The van der Waals surface area contributed by atoms with Crippen molar-refractivity contribution in [2.75, 3.05) is 20.2 Å². The van der Waals surface area contributed by atoms with E-state index in [1.165, 1.54) is 24.1 Å². The minimum absolute atomic E-state index is 0.146. The van der Waals surface area contributed by atoms with Crippen LogP contribution >= 0.6 is 0 Å². The number of aliphatic hydroxyl groups is 1. The average molecular weight is 279 g/mol. The second kappa shape index (κ2) is 5.13. The van der Waals surface area contributed by atoms with Gasteiger partial charge in [-0.05, 0) is 32.0 Å². The number of benzene rings is 1. The molecule has 0 radical (unpaired) electrons. The van der Waals surface area contributed by atoms with Crippen molar-refractivity contribution in [2.24, 2.45) is 0 Å². The van der Waals surface area contributed by atoms with E-state index in [0.29, 0.717) is 18.8 Å². The summed E-state index contributed by atoms with van der Waals surface area (Å²) >= 11 is 0. The molecule has 0 aliphatic carbocycles. The number of rotatable bonds is 4. The summed E-state index contributed by atoms with van der Waals surface area (Å²) in [7, 11) is 1.47. The minimum atomic E-state index is -2.47. The Bertz CT molecular complexity index is 552. The normalized spacial score (nSPS) is 20.3. The Hall–Kier alpha value is -2.08. The lowest BCUT2D eigenvalue weighted by Gasteiger charge is -2.26. The lowest BCUT2D eigenvalue weighted by atomic mass is 10.0. The third kappa shape index (κ3) is 2.02. The van der Waals surface area contributed by atoms with Crippen LogP contribution in [0.25, 0.3) is 0 Å². The molecule has 0 fully saturated rings. The summed E-state index contributed by atoms with van der Waals surface area (Å²) < 4.78 is 10.2. The molecule has 1 aromatic carbocycles. The lowest BCUT2D eigenvalue weighted by molar-refractivity contribution is -0.169. The van der Waals surface area contributed by atoms with Crippen LogP contribution in [0.15, 0.2) is 18.2 Å². The first kappa shape index (κ1) is 14.3. The third-order valence-corrected chi connectivity index (χ3v) is 3.34. The molecule has 1 atom stereocenters. The Labute approximate surface area is 116 Å². The van der Waals surface area contributed by atoms with Gasteiger partial charge in [0.05, 0.1) is 12.7 Å². The molecule has 0 bridgehead atoms. The number of nitrogens with zero attached hydrogens (tertiary/aromatic N) is 1. The number of carbonyl (C=O) groups is 2. The van der Waals surface area contributed by atoms with Gasteiger partial charge in [0.2, 0.25) is 5.78 Å². The number of methoxy groups -OCH3 is 1. The van der Waals surface area contributed by atoms with Gasteiger partial charge in [-0.1, -0.05) is 0 Å². The van der Waals surface area contributed by atoms with Gasteiger partial charge in [-0.3, -0.25) is 9.59 Å². The van der Waals surface area contributed by atoms with Crippen LogP contribution < -0.4 is 9.47 Å². The topological polar surface area (TPSA) is 76.1 Å². The number of ether oxygens (including phenoxy) is 2. The van der Waals surface area contributed by atoms with E-state index in [0.717, 1.165) is 0 Å². The minimum Gasteiger partial charge on any atom is -0.497 e. The van der Waals surface area contributed by atoms with Gasteiger partial charge in [-0.25, -0.2) is 0 Å². The SMILES string of the molecule is CCN(CC)C(=O)C1(O)Oc2ccc(OC)cc2C1=O. The molecular formula is C14H17NO5. The van der Waals surface area contributed by atoms with Crippen molar-refractivity contribution in [2.45, 2.75) is 19.6 Å². The maximum absolute atomic E-state index is 12.3. The van der Waals surface area contributed by atoms with E-state index in [-0.39, 0.29) is 11.3 Å². The Morgan fingerprint density at radius 2 is 2.05 bits per heavy atom. The predicted molar refractivity (Wildman–Crippen MR) is 70.8 cm³/mol. The van der Waals surface area contributed by atoms with Crippen molar-refractivity contribution in [3.63, 3.8) is 0 Å². The van der Waals surface area contributed by atoms with Crippen molar-refractivity contribution in [1.29, 1.82) is 0 Å². The Morgan fingerprint density at radius 1 is 1.40 bits per heavy atom. The maximum Gasteiger partial charge on any atom is 0.354 e. The van der Waals surface area contributed by atoms with Crippen LogP contribution in [0.3, 0.4) is 0 Å². The van der Waals surface area contributed by atoms with Gasteiger partial charge in [-0.2, -0.15) is 0 Å². The van der Waals surface area contributed by atoms with Crippen LogP contribution in [-0.2, 0) is 4.79 Å². The summed E-state index contributed by atoms with van der Waals surface area (Å²) in [6, 6.07) is 4.55. The molecule has 2 rings (SSSR count). The van der Waals surface area contributed by atoms with Crippen LogP contribution in [-0.4, -0.2) is 47.7 Å². The van der Waals surface area contributed by atoms with Gasteiger partial charge in [-0.15, -0.1) is 0 Å². The summed E-state index contributed by atoms with van der Waals surface area (Å²) in [4.78, 5) is 25.9. The molecule has 1 unspecified atom stereocenters. The molecule has 0 saturated heterocycles. The fourth-order valence-electron chi connectivity index (χ4n) is 2.16. The summed E-state index contributed by atoms with van der Waals surface area (Å²) in [6.07, 6.45) is 0. The average Bonchev–Trinajstić information content (AvgIpc) is 2.72. The smallest absolute Gasteiger partial charge is 0.354 e.